The normalized spacial score (nSPS) is 16.7. The molecule has 0 atom stereocenters. The van der Waals surface area contributed by atoms with Crippen LogP contribution < -0.4 is 0 Å². The number of rotatable bonds is 1. The van der Waals surface area contributed by atoms with Gasteiger partial charge >= 0.3 is 0 Å². The Labute approximate surface area is 157 Å². The van der Waals surface area contributed by atoms with Crippen molar-refractivity contribution in [2.24, 2.45) is 0 Å². The molecule has 0 unspecified atom stereocenters. The molecule has 1 aliphatic rings. The monoisotopic (exact) mass is 494 g/mol. The van der Waals surface area contributed by atoms with E-state index in [4.69, 9.17) is 5.10 Å². The molecular weight excluding hydrogens is 472 g/mol. The number of benzene rings is 2. The van der Waals surface area contributed by atoms with Gasteiger partial charge in [0.25, 0.3) is 0 Å². The molecule has 0 amide bonds. The predicted octanol–water partition coefficient (Wildman–Crippen LogP) is 4.91. The van der Waals surface area contributed by atoms with Gasteiger partial charge in [-0.05, 0) is 16.7 Å². The van der Waals surface area contributed by atoms with Crippen molar-refractivity contribution in [2.45, 2.75) is 38.5 Å². The predicted molar refractivity (Wildman–Crippen MR) is 93.9 cm³/mol. The molecule has 0 aliphatic heterocycles. The van der Waals surface area contributed by atoms with E-state index < -0.39 is 0 Å². The van der Waals surface area contributed by atoms with Gasteiger partial charge in [0.05, 0.1) is 11.9 Å². The Balaban J connectivity index is 0.00000169. The summed E-state index contributed by atoms with van der Waals surface area (Å²) >= 11 is 0. The molecule has 3 heteroatoms. The third-order valence-electron chi connectivity index (χ3n) is 5.78. The van der Waals surface area contributed by atoms with Crippen molar-refractivity contribution < 1.29 is 20.1 Å². The molecule has 0 saturated heterocycles. The summed E-state index contributed by atoms with van der Waals surface area (Å²) in [6, 6.07) is 20.0. The molecule has 125 valence electrons. The van der Waals surface area contributed by atoms with Crippen molar-refractivity contribution in [1.82, 2.24) is 9.78 Å². The first-order valence-electron chi connectivity index (χ1n) is 8.10. The van der Waals surface area contributed by atoms with Gasteiger partial charge in [-0.25, -0.2) is 0 Å². The van der Waals surface area contributed by atoms with Gasteiger partial charge in [0.15, 0.2) is 0 Å². The van der Waals surface area contributed by atoms with Crippen LogP contribution in [0.1, 0.15) is 38.8 Å². The second-order valence-electron chi connectivity index (χ2n) is 7.36. The maximum Gasteiger partial charge on any atom is 0.0756 e. The van der Waals surface area contributed by atoms with Gasteiger partial charge in [0, 0.05) is 36.6 Å². The Hall–Kier alpha value is -1.70. The molecule has 1 heterocycles. The van der Waals surface area contributed by atoms with Crippen LogP contribution >= 0.6 is 0 Å². The molecule has 0 saturated carbocycles. The second-order valence-corrected chi connectivity index (χ2v) is 7.36. The Morgan fingerprint density at radius 2 is 1.54 bits per heavy atom. The quantitative estimate of drug-likeness (QED) is 0.441. The standard InChI is InChI=1S/C21H21N2.Ir/c1-20(2)17-13-9-8-12-16(17)19-18(21(20,3)4)14-22-23(19)15-10-6-5-7-11-15;/h5-10,12-14H,1-4H3;/q-1;. The minimum atomic E-state index is 0. The molecule has 4 rings (SSSR count). The van der Waals surface area contributed by atoms with E-state index in [0.717, 1.165) is 5.69 Å². The number of hydrogen-bond acceptors (Lipinski definition) is 1. The zero-order valence-electron chi connectivity index (χ0n) is 14.4. The van der Waals surface area contributed by atoms with E-state index in [1.807, 2.05) is 29.1 Å². The topological polar surface area (TPSA) is 17.8 Å². The van der Waals surface area contributed by atoms with Crippen molar-refractivity contribution in [3.05, 3.63) is 71.9 Å². The molecule has 24 heavy (non-hydrogen) atoms. The van der Waals surface area contributed by atoms with E-state index in [9.17, 15) is 0 Å². The van der Waals surface area contributed by atoms with Crippen LogP contribution in [0.4, 0.5) is 0 Å². The maximum absolute atomic E-state index is 4.71. The van der Waals surface area contributed by atoms with E-state index in [1.165, 1.54) is 22.4 Å². The summed E-state index contributed by atoms with van der Waals surface area (Å²) in [5, 5.41) is 4.71. The van der Waals surface area contributed by atoms with Crippen LogP contribution in [0.2, 0.25) is 0 Å². The molecule has 0 fully saturated rings. The first-order chi connectivity index (χ1) is 10.9. The summed E-state index contributed by atoms with van der Waals surface area (Å²) in [5.41, 5.74) is 6.20. The van der Waals surface area contributed by atoms with Crippen LogP contribution in [-0.4, -0.2) is 9.78 Å². The molecule has 2 nitrogen and oxygen atoms in total. The molecule has 0 N–H and O–H groups in total. The van der Waals surface area contributed by atoms with E-state index in [2.05, 4.69) is 64.1 Å². The smallest absolute Gasteiger partial charge is 0.0756 e. The summed E-state index contributed by atoms with van der Waals surface area (Å²) < 4.78 is 2.03. The van der Waals surface area contributed by atoms with E-state index >= 15 is 0 Å². The van der Waals surface area contributed by atoms with Gasteiger partial charge in [-0.2, -0.15) is 29.4 Å². The van der Waals surface area contributed by atoms with Crippen molar-refractivity contribution in [1.29, 1.82) is 0 Å². The van der Waals surface area contributed by atoms with E-state index in [1.54, 1.807) is 0 Å². The summed E-state index contributed by atoms with van der Waals surface area (Å²) in [6.07, 6.45) is 2.04. The molecule has 0 spiro atoms. The first-order valence-corrected chi connectivity index (χ1v) is 8.10. The van der Waals surface area contributed by atoms with Crippen LogP contribution in [0, 0.1) is 6.07 Å². The van der Waals surface area contributed by atoms with Crippen LogP contribution in [0.25, 0.3) is 16.9 Å². The Morgan fingerprint density at radius 1 is 0.875 bits per heavy atom. The average Bonchev–Trinajstić information content (AvgIpc) is 3.00. The van der Waals surface area contributed by atoms with Crippen LogP contribution in [0.15, 0.2) is 54.7 Å². The molecule has 1 radical (unpaired) electrons. The zero-order valence-corrected chi connectivity index (χ0v) is 16.8. The molecular formula is C21H21IrN2-. The molecule has 1 aromatic heterocycles. The minimum Gasteiger partial charge on any atom is -0.257 e. The fraction of sp³-hybridized carbons (Fsp3) is 0.286. The molecule has 0 bridgehead atoms. The second kappa shape index (κ2) is 5.68. The van der Waals surface area contributed by atoms with Gasteiger partial charge in [-0.15, -0.1) is 6.07 Å². The zero-order chi connectivity index (χ0) is 16.2. The van der Waals surface area contributed by atoms with Gasteiger partial charge in [-0.1, -0.05) is 52.0 Å². The number of hydrogen-bond donors (Lipinski definition) is 0. The largest absolute Gasteiger partial charge is 0.257 e. The van der Waals surface area contributed by atoms with Crippen LogP contribution in [0.3, 0.4) is 0 Å². The molecule has 1 aliphatic carbocycles. The maximum atomic E-state index is 4.71. The summed E-state index contributed by atoms with van der Waals surface area (Å²) in [4.78, 5) is 0. The van der Waals surface area contributed by atoms with Crippen molar-refractivity contribution in [2.75, 3.05) is 0 Å². The van der Waals surface area contributed by atoms with E-state index in [-0.39, 0.29) is 30.9 Å². The molecule has 2 aromatic carbocycles. The van der Waals surface area contributed by atoms with E-state index in [0.29, 0.717) is 0 Å². The van der Waals surface area contributed by atoms with Gasteiger partial charge in [0.1, 0.15) is 0 Å². The van der Waals surface area contributed by atoms with Crippen LogP contribution in [-0.2, 0) is 30.9 Å². The third-order valence-corrected chi connectivity index (χ3v) is 5.78. The molecule has 3 aromatic rings. The summed E-state index contributed by atoms with van der Waals surface area (Å²) in [5.74, 6) is 0. The van der Waals surface area contributed by atoms with Crippen molar-refractivity contribution >= 4 is 0 Å². The van der Waals surface area contributed by atoms with Gasteiger partial charge in [0.2, 0.25) is 0 Å². The minimum absolute atomic E-state index is 0. The number of para-hydroxylation sites is 1. The van der Waals surface area contributed by atoms with Gasteiger partial charge in [-0.3, -0.25) is 4.68 Å². The van der Waals surface area contributed by atoms with Crippen molar-refractivity contribution in [3.8, 4) is 16.9 Å². The fourth-order valence-corrected chi connectivity index (χ4v) is 3.67. The number of nitrogens with zero attached hydrogens (tertiary/aromatic N) is 2. The Kier molecular flexibility index (Phi) is 4.06. The number of fused-ring (bicyclic) bond motifs is 3. The SMILES string of the molecule is CC1(C)c2ccccc2-c2c(cnn2-c2[c-]cccc2)C1(C)C.[Ir]. The van der Waals surface area contributed by atoms with Crippen molar-refractivity contribution in [3.63, 3.8) is 0 Å². The van der Waals surface area contributed by atoms with Gasteiger partial charge < -0.3 is 0 Å². The van der Waals surface area contributed by atoms with Crippen LogP contribution in [0.5, 0.6) is 0 Å². The fourth-order valence-electron chi connectivity index (χ4n) is 3.67. The third kappa shape index (κ3) is 2.15. The summed E-state index contributed by atoms with van der Waals surface area (Å²) in [6.45, 7) is 9.31. The Bertz CT molecular complexity index is 876. The first kappa shape index (κ1) is 17.1. The Morgan fingerprint density at radius 3 is 2.25 bits per heavy atom. The summed E-state index contributed by atoms with van der Waals surface area (Å²) in [7, 11) is 0. The average molecular weight is 494 g/mol. The number of aromatic nitrogens is 2.